The molecule has 0 fully saturated rings. The third-order valence-electron chi connectivity index (χ3n) is 1.89. The van der Waals surface area contributed by atoms with Crippen molar-refractivity contribution in [1.82, 2.24) is 0 Å². The van der Waals surface area contributed by atoms with Crippen molar-refractivity contribution < 1.29 is 23.1 Å². The van der Waals surface area contributed by atoms with E-state index in [9.17, 15) is 13.2 Å². The number of carboxylic acid groups (broad SMARTS) is 1. The minimum absolute atomic E-state index is 0.134. The molecule has 0 saturated heterocycles. The highest BCUT2D eigenvalue weighted by Gasteiger charge is 2.21. The van der Waals surface area contributed by atoms with Crippen LogP contribution in [0, 0.1) is 0 Å². The Bertz CT molecular complexity index is 535. The number of ether oxygens (including phenoxy) is 1. The molecule has 0 aromatic heterocycles. The highest BCUT2D eigenvalue weighted by Crippen LogP contribution is 2.34. The maximum Gasteiger partial charge on any atom is 0.337 e. The van der Waals surface area contributed by atoms with Gasteiger partial charge < -0.3 is 9.84 Å². The van der Waals surface area contributed by atoms with Gasteiger partial charge in [-0.2, -0.15) is 0 Å². The van der Waals surface area contributed by atoms with Gasteiger partial charge in [-0.05, 0) is 12.1 Å². The summed E-state index contributed by atoms with van der Waals surface area (Å²) >= 11 is 5.74. The van der Waals surface area contributed by atoms with Gasteiger partial charge in [-0.25, -0.2) is 13.2 Å². The standard InChI is InChI=1S/C9H9ClO5S/c1-15-8-6(16(2,13)14)4-3-5(7(8)10)9(11)12/h3-4H,1-2H3,(H,11,12). The number of rotatable bonds is 3. The fourth-order valence-electron chi connectivity index (χ4n) is 1.19. The highest BCUT2D eigenvalue weighted by atomic mass is 35.5. The van der Waals surface area contributed by atoms with Crippen LogP contribution >= 0.6 is 11.6 Å². The third-order valence-corrected chi connectivity index (χ3v) is 3.39. The van der Waals surface area contributed by atoms with Gasteiger partial charge in [0.15, 0.2) is 15.6 Å². The second-order valence-electron chi connectivity index (χ2n) is 3.04. The van der Waals surface area contributed by atoms with Gasteiger partial charge in [-0.15, -0.1) is 0 Å². The van der Waals surface area contributed by atoms with E-state index in [4.69, 9.17) is 21.4 Å². The Morgan fingerprint density at radius 2 is 2.00 bits per heavy atom. The topological polar surface area (TPSA) is 80.7 Å². The molecule has 0 heterocycles. The average molecular weight is 265 g/mol. The van der Waals surface area contributed by atoms with E-state index in [-0.39, 0.29) is 21.2 Å². The number of methoxy groups -OCH3 is 1. The lowest BCUT2D eigenvalue weighted by atomic mass is 10.2. The minimum Gasteiger partial charge on any atom is -0.494 e. The second kappa shape index (κ2) is 4.31. The fraction of sp³-hybridized carbons (Fsp3) is 0.222. The van der Waals surface area contributed by atoms with Crippen molar-refractivity contribution >= 4 is 27.4 Å². The van der Waals surface area contributed by atoms with Gasteiger partial charge in [-0.1, -0.05) is 11.6 Å². The number of hydrogen-bond donors (Lipinski definition) is 1. The van der Waals surface area contributed by atoms with Crippen LogP contribution < -0.4 is 4.74 Å². The van der Waals surface area contributed by atoms with Crippen molar-refractivity contribution in [2.45, 2.75) is 4.90 Å². The monoisotopic (exact) mass is 264 g/mol. The number of hydrogen-bond acceptors (Lipinski definition) is 4. The smallest absolute Gasteiger partial charge is 0.337 e. The molecule has 5 nitrogen and oxygen atoms in total. The van der Waals surface area contributed by atoms with E-state index in [2.05, 4.69) is 0 Å². The first-order valence-electron chi connectivity index (χ1n) is 4.09. The Hall–Kier alpha value is -1.27. The molecule has 1 aromatic rings. The minimum atomic E-state index is -3.51. The molecule has 1 aromatic carbocycles. The highest BCUT2D eigenvalue weighted by molar-refractivity contribution is 7.90. The summed E-state index contributed by atoms with van der Waals surface area (Å²) in [6, 6.07) is 2.28. The van der Waals surface area contributed by atoms with Crippen molar-refractivity contribution in [3.63, 3.8) is 0 Å². The van der Waals surface area contributed by atoms with E-state index >= 15 is 0 Å². The molecule has 0 radical (unpaired) electrons. The van der Waals surface area contributed by atoms with Gasteiger partial charge in [0.25, 0.3) is 0 Å². The molecular weight excluding hydrogens is 256 g/mol. The lowest BCUT2D eigenvalue weighted by Gasteiger charge is -2.10. The van der Waals surface area contributed by atoms with Crippen LogP contribution in [-0.2, 0) is 9.84 Å². The number of benzene rings is 1. The zero-order chi connectivity index (χ0) is 12.5. The summed E-state index contributed by atoms with van der Waals surface area (Å²) in [5.41, 5.74) is -0.203. The van der Waals surface area contributed by atoms with E-state index in [1.54, 1.807) is 0 Å². The quantitative estimate of drug-likeness (QED) is 0.894. The third kappa shape index (κ3) is 2.28. The van der Waals surface area contributed by atoms with Gasteiger partial charge in [0, 0.05) is 6.26 Å². The van der Waals surface area contributed by atoms with Crippen LogP contribution in [0.2, 0.25) is 5.02 Å². The molecule has 0 aliphatic carbocycles. The zero-order valence-electron chi connectivity index (χ0n) is 8.52. The van der Waals surface area contributed by atoms with E-state index in [1.807, 2.05) is 0 Å². The number of halogens is 1. The molecule has 0 amide bonds. The van der Waals surface area contributed by atoms with Gasteiger partial charge in [0.05, 0.1) is 17.7 Å². The van der Waals surface area contributed by atoms with Crippen molar-refractivity contribution in [3.8, 4) is 5.75 Å². The lowest BCUT2D eigenvalue weighted by Crippen LogP contribution is -2.05. The van der Waals surface area contributed by atoms with Crippen LogP contribution in [-0.4, -0.2) is 32.9 Å². The summed E-state index contributed by atoms with van der Waals surface area (Å²) in [4.78, 5) is 10.6. The molecule has 0 spiro atoms. The van der Waals surface area contributed by atoms with Crippen LogP contribution in [0.4, 0.5) is 0 Å². The predicted molar refractivity (Wildman–Crippen MR) is 58.1 cm³/mol. The number of carbonyl (C=O) groups is 1. The molecule has 7 heteroatoms. The van der Waals surface area contributed by atoms with Gasteiger partial charge in [-0.3, -0.25) is 0 Å². The van der Waals surface area contributed by atoms with Gasteiger partial charge in [0.2, 0.25) is 0 Å². The summed E-state index contributed by atoms with van der Waals surface area (Å²) in [5.74, 6) is -1.40. The normalized spacial score (nSPS) is 11.2. The van der Waals surface area contributed by atoms with Crippen LogP contribution in [0.3, 0.4) is 0 Å². The lowest BCUT2D eigenvalue weighted by molar-refractivity contribution is 0.0696. The Morgan fingerprint density at radius 3 is 2.38 bits per heavy atom. The molecule has 0 unspecified atom stereocenters. The average Bonchev–Trinajstić information content (AvgIpc) is 2.15. The summed E-state index contributed by atoms with van der Waals surface area (Å²) < 4.78 is 27.5. The second-order valence-corrected chi connectivity index (χ2v) is 5.40. The Balaban J connectivity index is 3.60. The Labute approximate surface area is 97.5 Å². The van der Waals surface area contributed by atoms with Crippen molar-refractivity contribution in [3.05, 3.63) is 22.7 Å². The number of sulfone groups is 1. The first-order valence-corrected chi connectivity index (χ1v) is 6.35. The molecule has 0 saturated carbocycles. The van der Waals surface area contributed by atoms with E-state index in [0.29, 0.717) is 0 Å². The van der Waals surface area contributed by atoms with Crippen molar-refractivity contribution in [2.75, 3.05) is 13.4 Å². The zero-order valence-corrected chi connectivity index (χ0v) is 10.1. The van der Waals surface area contributed by atoms with Crippen LogP contribution in [0.15, 0.2) is 17.0 Å². The van der Waals surface area contributed by atoms with Gasteiger partial charge in [0.1, 0.15) is 4.90 Å². The summed E-state index contributed by atoms with van der Waals surface area (Å²) in [6.07, 6.45) is 0.988. The molecular formula is C9H9ClO5S. The Morgan fingerprint density at radius 1 is 1.44 bits per heavy atom. The molecule has 88 valence electrons. The number of aromatic carboxylic acids is 1. The molecule has 1 N–H and O–H groups in total. The summed E-state index contributed by atoms with van der Waals surface area (Å²) in [6.45, 7) is 0. The van der Waals surface area contributed by atoms with Crippen molar-refractivity contribution in [1.29, 1.82) is 0 Å². The van der Waals surface area contributed by atoms with Crippen LogP contribution in [0.1, 0.15) is 10.4 Å². The molecule has 0 aliphatic rings. The summed E-state index contributed by atoms with van der Waals surface area (Å²) in [5, 5.41) is 8.57. The van der Waals surface area contributed by atoms with Crippen LogP contribution in [0.25, 0.3) is 0 Å². The predicted octanol–water partition coefficient (Wildman–Crippen LogP) is 1.45. The SMILES string of the molecule is COc1c(S(C)(=O)=O)ccc(C(=O)O)c1Cl. The molecule has 0 atom stereocenters. The maximum absolute atomic E-state index is 11.4. The maximum atomic E-state index is 11.4. The summed E-state index contributed by atoms with van der Waals surface area (Å²) in [7, 11) is -2.29. The van der Waals surface area contributed by atoms with E-state index < -0.39 is 15.8 Å². The number of carboxylic acids is 1. The molecule has 1 rings (SSSR count). The molecule has 0 bridgehead atoms. The first-order chi connectivity index (χ1) is 7.29. The fourth-order valence-corrected chi connectivity index (χ4v) is 2.40. The van der Waals surface area contributed by atoms with E-state index in [1.165, 1.54) is 7.11 Å². The van der Waals surface area contributed by atoms with Gasteiger partial charge >= 0.3 is 5.97 Å². The van der Waals surface area contributed by atoms with Crippen LogP contribution in [0.5, 0.6) is 5.75 Å². The van der Waals surface area contributed by atoms with Crippen molar-refractivity contribution in [2.24, 2.45) is 0 Å². The largest absolute Gasteiger partial charge is 0.494 e. The molecule has 16 heavy (non-hydrogen) atoms. The van der Waals surface area contributed by atoms with E-state index in [0.717, 1.165) is 18.4 Å². The first kappa shape index (κ1) is 12.8. The molecule has 0 aliphatic heterocycles. The Kier molecular flexibility index (Phi) is 3.44.